The van der Waals surface area contributed by atoms with E-state index in [-0.39, 0.29) is 17.0 Å². The Labute approximate surface area is 241 Å². The second kappa shape index (κ2) is 13.8. The third kappa shape index (κ3) is 7.36. The van der Waals surface area contributed by atoms with Crippen LogP contribution in [0.3, 0.4) is 0 Å². The highest BCUT2D eigenvalue weighted by molar-refractivity contribution is 7.89. The number of piperazine rings is 1. The highest BCUT2D eigenvalue weighted by atomic mass is 32.2. The minimum Gasteiger partial charge on any atom is -0.497 e. The first-order chi connectivity index (χ1) is 19.8. The molecule has 1 atom stereocenters. The number of rotatable bonds is 12. The Kier molecular flexibility index (Phi) is 10.2. The van der Waals surface area contributed by atoms with Gasteiger partial charge in [0.15, 0.2) is 11.5 Å². The van der Waals surface area contributed by atoms with E-state index in [2.05, 4.69) is 4.90 Å². The molecule has 11 heteroatoms. The van der Waals surface area contributed by atoms with Gasteiger partial charge in [0, 0.05) is 38.8 Å². The summed E-state index contributed by atoms with van der Waals surface area (Å²) in [7, 11) is 2.26. The zero-order chi connectivity index (χ0) is 29.4. The van der Waals surface area contributed by atoms with Crippen LogP contribution in [0.4, 0.5) is 0 Å². The summed E-state index contributed by atoms with van der Waals surface area (Å²) >= 11 is 0. The monoisotopic (exact) mass is 584 g/mol. The van der Waals surface area contributed by atoms with Gasteiger partial charge in [0.05, 0.1) is 51.6 Å². The average molecular weight is 585 g/mol. The number of carbonyl (C=O) groups is 1. The normalized spacial score (nSPS) is 15.2. The highest BCUT2D eigenvalue weighted by Crippen LogP contribution is 2.31. The minimum absolute atomic E-state index is 0.166. The second-order valence-electron chi connectivity index (χ2n) is 9.49. The van der Waals surface area contributed by atoms with Gasteiger partial charge >= 0.3 is 5.97 Å². The SMILES string of the molecule is COC(=O)c1ccc(CO[C@H](CN2CCN(S(=O)(=O)c3ccc(OC)c(OC)c3)CC2)c2cccc(OC)c2)cc1. The van der Waals surface area contributed by atoms with E-state index in [1.165, 1.54) is 37.8 Å². The van der Waals surface area contributed by atoms with Crippen molar-refractivity contribution < 1.29 is 36.9 Å². The molecule has 4 rings (SSSR count). The lowest BCUT2D eigenvalue weighted by molar-refractivity contribution is 0.00761. The summed E-state index contributed by atoms with van der Waals surface area (Å²) < 4.78 is 55.3. The molecule has 0 saturated carbocycles. The maximum atomic E-state index is 13.4. The maximum absolute atomic E-state index is 13.4. The number of carbonyl (C=O) groups excluding carboxylic acids is 1. The number of hydrogen-bond acceptors (Lipinski definition) is 9. The van der Waals surface area contributed by atoms with Crippen molar-refractivity contribution in [2.24, 2.45) is 0 Å². The fourth-order valence-corrected chi connectivity index (χ4v) is 6.10. The van der Waals surface area contributed by atoms with Gasteiger partial charge in [-0.2, -0.15) is 4.31 Å². The zero-order valence-electron chi connectivity index (χ0n) is 23.7. The molecule has 0 unspecified atom stereocenters. The van der Waals surface area contributed by atoms with E-state index in [0.29, 0.717) is 56.4 Å². The average Bonchev–Trinajstić information content (AvgIpc) is 3.02. The predicted molar refractivity (Wildman–Crippen MR) is 153 cm³/mol. The fourth-order valence-electron chi connectivity index (χ4n) is 4.66. The lowest BCUT2D eigenvalue weighted by atomic mass is 10.1. The van der Waals surface area contributed by atoms with E-state index in [1.54, 1.807) is 25.3 Å². The summed E-state index contributed by atoms with van der Waals surface area (Å²) in [6, 6.07) is 19.5. The fraction of sp³-hybridized carbons (Fsp3) is 0.367. The molecule has 0 aromatic heterocycles. The maximum Gasteiger partial charge on any atom is 0.337 e. The third-order valence-corrected chi connectivity index (χ3v) is 8.93. The Morgan fingerprint density at radius 2 is 1.54 bits per heavy atom. The molecule has 0 aliphatic carbocycles. The molecule has 0 radical (unpaired) electrons. The topological polar surface area (TPSA) is 104 Å². The van der Waals surface area contributed by atoms with E-state index in [0.717, 1.165) is 16.9 Å². The van der Waals surface area contributed by atoms with Gasteiger partial charge in [-0.1, -0.05) is 24.3 Å². The minimum atomic E-state index is -3.70. The Morgan fingerprint density at radius 3 is 2.17 bits per heavy atom. The van der Waals surface area contributed by atoms with Crippen LogP contribution in [0.2, 0.25) is 0 Å². The van der Waals surface area contributed by atoms with Crippen molar-refractivity contribution in [1.82, 2.24) is 9.21 Å². The van der Waals surface area contributed by atoms with E-state index in [9.17, 15) is 13.2 Å². The molecule has 3 aromatic rings. The van der Waals surface area contributed by atoms with Gasteiger partial charge in [0.2, 0.25) is 10.0 Å². The van der Waals surface area contributed by atoms with Crippen molar-refractivity contribution in [3.05, 3.63) is 83.4 Å². The van der Waals surface area contributed by atoms with E-state index < -0.39 is 10.0 Å². The summed E-state index contributed by atoms with van der Waals surface area (Å²) in [6.45, 7) is 2.68. The number of sulfonamides is 1. The smallest absolute Gasteiger partial charge is 0.337 e. The molecular formula is C30H36N2O8S. The first kappa shape index (κ1) is 30.3. The van der Waals surface area contributed by atoms with Gasteiger partial charge in [-0.3, -0.25) is 4.90 Å². The van der Waals surface area contributed by atoms with Gasteiger partial charge in [-0.25, -0.2) is 13.2 Å². The molecule has 0 bridgehead atoms. The van der Waals surface area contributed by atoms with Gasteiger partial charge in [0.1, 0.15) is 5.75 Å². The Hall–Kier alpha value is -3.64. The van der Waals surface area contributed by atoms with E-state index >= 15 is 0 Å². The van der Waals surface area contributed by atoms with Crippen LogP contribution in [0.15, 0.2) is 71.6 Å². The van der Waals surface area contributed by atoms with Crippen molar-refractivity contribution in [3.8, 4) is 17.2 Å². The van der Waals surface area contributed by atoms with Crippen LogP contribution in [-0.2, 0) is 26.1 Å². The van der Waals surface area contributed by atoms with Crippen LogP contribution in [0.5, 0.6) is 17.2 Å². The van der Waals surface area contributed by atoms with Crippen molar-refractivity contribution in [2.45, 2.75) is 17.6 Å². The third-order valence-electron chi connectivity index (χ3n) is 7.04. The van der Waals surface area contributed by atoms with Crippen molar-refractivity contribution in [1.29, 1.82) is 0 Å². The van der Waals surface area contributed by atoms with Gasteiger partial charge in [-0.15, -0.1) is 0 Å². The summed E-state index contributed by atoms with van der Waals surface area (Å²) in [5, 5.41) is 0. The summed E-state index contributed by atoms with van der Waals surface area (Å²) in [6.07, 6.45) is -0.292. The van der Waals surface area contributed by atoms with Crippen molar-refractivity contribution in [2.75, 3.05) is 61.2 Å². The van der Waals surface area contributed by atoms with Gasteiger partial charge in [0.25, 0.3) is 0 Å². The van der Waals surface area contributed by atoms with Crippen LogP contribution < -0.4 is 14.2 Å². The number of ether oxygens (including phenoxy) is 5. The summed E-state index contributed by atoms with van der Waals surface area (Å²) in [4.78, 5) is 14.1. The largest absolute Gasteiger partial charge is 0.497 e. The molecule has 1 heterocycles. The molecule has 220 valence electrons. The molecule has 3 aromatic carbocycles. The molecule has 41 heavy (non-hydrogen) atoms. The Bertz CT molecular complexity index is 1420. The lowest BCUT2D eigenvalue weighted by Gasteiger charge is -2.36. The Balaban J connectivity index is 1.44. The van der Waals surface area contributed by atoms with Gasteiger partial charge in [-0.05, 0) is 47.5 Å². The number of hydrogen-bond donors (Lipinski definition) is 0. The zero-order valence-corrected chi connectivity index (χ0v) is 24.6. The molecule has 10 nitrogen and oxygen atoms in total. The predicted octanol–water partition coefficient (Wildman–Crippen LogP) is 3.76. The number of nitrogens with zero attached hydrogens (tertiary/aromatic N) is 2. The van der Waals surface area contributed by atoms with Gasteiger partial charge < -0.3 is 23.7 Å². The van der Waals surface area contributed by atoms with Crippen LogP contribution in [0.1, 0.15) is 27.6 Å². The van der Waals surface area contributed by atoms with Crippen molar-refractivity contribution >= 4 is 16.0 Å². The Morgan fingerprint density at radius 1 is 0.829 bits per heavy atom. The second-order valence-corrected chi connectivity index (χ2v) is 11.4. The number of methoxy groups -OCH3 is 4. The summed E-state index contributed by atoms with van der Waals surface area (Å²) in [5.74, 6) is 1.17. The van der Waals surface area contributed by atoms with Crippen LogP contribution in [0.25, 0.3) is 0 Å². The van der Waals surface area contributed by atoms with Crippen molar-refractivity contribution in [3.63, 3.8) is 0 Å². The van der Waals surface area contributed by atoms with E-state index in [1.807, 2.05) is 36.4 Å². The number of esters is 1. The van der Waals surface area contributed by atoms with Crippen LogP contribution in [0, 0.1) is 0 Å². The first-order valence-corrected chi connectivity index (χ1v) is 14.6. The molecular weight excluding hydrogens is 548 g/mol. The molecule has 0 spiro atoms. The van der Waals surface area contributed by atoms with E-state index in [4.69, 9.17) is 23.7 Å². The molecule has 1 aliphatic heterocycles. The standard InChI is InChI=1S/C30H36N2O8S/c1-36-25-7-5-6-24(18-25)29(40-21-22-8-10-23(11-9-22)30(33)39-4)20-31-14-16-32(17-15-31)41(34,35)26-12-13-27(37-2)28(19-26)38-3/h5-13,18-19,29H,14-17,20-21H2,1-4H3/t29-/m1/s1. The molecule has 1 saturated heterocycles. The molecule has 1 fully saturated rings. The molecule has 0 amide bonds. The lowest BCUT2D eigenvalue weighted by Crippen LogP contribution is -2.49. The molecule has 1 aliphatic rings. The first-order valence-electron chi connectivity index (χ1n) is 13.2. The van der Waals surface area contributed by atoms with Crippen LogP contribution >= 0.6 is 0 Å². The van der Waals surface area contributed by atoms with Crippen LogP contribution in [-0.4, -0.2) is 84.8 Å². The summed E-state index contributed by atoms with van der Waals surface area (Å²) in [5.41, 5.74) is 2.34. The molecule has 0 N–H and O–H groups in total. The number of benzene rings is 3. The highest BCUT2D eigenvalue weighted by Gasteiger charge is 2.30. The quantitative estimate of drug-likeness (QED) is 0.294.